The van der Waals surface area contributed by atoms with E-state index in [0.29, 0.717) is 29.4 Å². The summed E-state index contributed by atoms with van der Waals surface area (Å²) in [5.74, 6) is 0.713. The Kier molecular flexibility index (Phi) is 5.61. The van der Waals surface area contributed by atoms with Crippen LogP contribution in [0.3, 0.4) is 0 Å². The van der Waals surface area contributed by atoms with E-state index in [4.69, 9.17) is 18.6 Å². The fourth-order valence-corrected chi connectivity index (χ4v) is 2.82. The smallest absolute Gasteiger partial charge is 0.363 e. The Morgan fingerprint density at radius 2 is 1.90 bits per heavy atom. The fourth-order valence-electron chi connectivity index (χ4n) is 2.82. The Morgan fingerprint density at radius 3 is 2.63 bits per heavy atom. The van der Waals surface area contributed by atoms with Crippen molar-refractivity contribution in [2.75, 3.05) is 6.61 Å². The standard InChI is InChI=1S/C23H18FNO5/c1-2-27-21-13-16(7-10-19(21)29-14-15-5-8-17(24)9-6-15)12-18-23(26)30-22(25-18)20-4-3-11-28-20/h3-13H,2,14H2,1H3/b18-12-. The monoisotopic (exact) mass is 407 g/mol. The zero-order chi connectivity index (χ0) is 20.9. The summed E-state index contributed by atoms with van der Waals surface area (Å²) in [5.41, 5.74) is 1.69. The summed E-state index contributed by atoms with van der Waals surface area (Å²) in [7, 11) is 0. The van der Waals surface area contributed by atoms with E-state index < -0.39 is 5.97 Å². The molecule has 30 heavy (non-hydrogen) atoms. The summed E-state index contributed by atoms with van der Waals surface area (Å²) in [6, 6.07) is 14.7. The van der Waals surface area contributed by atoms with E-state index >= 15 is 0 Å². The maximum Gasteiger partial charge on any atom is 0.363 e. The molecule has 0 N–H and O–H groups in total. The number of rotatable bonds is 7. The molecule has 7 heteroatoms. The van der Waals surface area contributed by atoms with E-state index in [0.717, 1.165) is 5.56 Å². The molecule has 0 unspecified atom stereocenters. The van der Waals surface area contributed by atoms with Gasteiger partial charge in [-0.3, -0.25) is 0 Å². The van der Waals surface area contributed by atoms with E-state index in [1.165, 1.54) is 18.4 Å². The van der Waals surface area contributed by atoms with E-state index in [-0.39, 0.29) is 24.0 Å². The van der Waals surface area contributed by atoms with Crippen LogP contribution < -0.4 is 9.47 Å². The van der Waals surface area contributed by atoms with Gasteiger partial charge in [-0.2, -0.15) is 0 Å². The Balaban J connectivity index is 1.54. The van der Waals surface area contributed by atoms with Gasteiger partial charge in [-0.05, 0) is 60.5 Å². The topological polar surface area (TPSA) is 70.3 Å². The molecule has 0 amide bonds. The number of carbonyl (C=O) groups excluding carboxylic acids is 1. The maximum atomic E-state index is 13.0. The van der Waals surface area contributed by atoms with Gasteiger partial charge in [0.05, 0.1) is 12.9 Å². The number of esters is 1. The highest BCUT2D eigenvalue weighted by Crippen LogP contribution is 2.31. The van der Waals surface area contributed by atoms with Crippen molar-refractivity contribution in [3.05, 3.63) is 89.3 Å². The molecule has 6 nitrogen and oxygen atoms in total. The number of hydrogen-bond acceptors (Lipinski definition) is 6. The van der Waals surface area contributed by atoms with Crippen LogP contribution in [0.1, 0.15) is 23.8 Å². The highest BCUT2D eigenvalue weighted by molar-refractivity contribution is 6.11. The first-order valence-electron chi connectivity index (χ1n) is 9.33. The van der Waals surface area contributed by atoms with Gasteiger partial charge in [0.2, 0.25) is 0 Å². The zero-order valence-corrected chi connectivity index (χ0v) is 16.1. The average molecular weight is 407 g/mol. The molecule has 2 heterocycles. The predicted octanol–water partition coefficient (Wildman–Crippen LogP) is 4.74. The molecule has 0 aliphatic carbocycles. The third kappa shape index (κ3) is 4.41. The van der Waals surface area contributed by atoms with Gasteiger partial charge in [0, 0.05) is 0 Å². The Labute approximate surface area is 172 Å². The largest absolute Gasteiger partial charge is 0.490 e. The SMILES string of the molecule is CCOc1cc(/C=C2\N=C(c3ccco3)OC2=O)ccc1OCc1ccc(F)cc1. The Bertz CT molecular complexity index is 1100. The van der Waals surface area contributed by atoms with Crippen LogP contribution in [0.4, 0.5) is 4.39 Å². The summed E-state index contributed by atoms with van der Waals surface area (Å²) < 4.78 is 34.9. The lowest BCUT2D eigenvalue weighted by atomic mass is 10.1. The van der Waals surface area contributed by atoms with Crippen LogP contribution in [0.2, 0.25) is 0 Å². The third-order valence-electron chi connectivity index (χ3n) is 4.23. The van der Waals surface area contributed by atoms with Crippen LogP contribution in [0.15, 0.2) is 76.0 Å². The minimum atomic E-state index is -0.559. The van der Waals surface area contributed by atoms with Crippen molar-refractivity contribution in [1.82, 2.24) is 0 Å². The molecular weight excluding hydrogens is 389 g/mol. The van der Waals surface area contributed by atoms with Crippen molar-refractivity contribution < 1.29 is 27.8 Å². The molecule has 0 saturated heterocycles. The van der Waals surface area contributed by atoms with Crippen LogP contribution in [0.25, 0.3) is 6.08 Å². The number of furan rings is 1. The van der Waals surface area contributed by atoms with E-state index in [1.807, 2.05) is 6.92 Å². The Morgan fingerprint density at radius 1 is 1.07 bits per heavy atom. The van der Waals surface area contributed by atoms with Crippen LogP contribution in [0, 0.1) is 5.82 Å². The summed E-state index contributed by atoms with van der Waals surface area (Å²) in [6.07, 6.45) is 3.08. The summed E-state index contributed by atoms with van der Waals surface area (Å²) in [6.45, 7) is 2.57. The van der Waals surface area contributed by atoms with Crippen molar-refractivity contribution in [3.8, 4) is 11.5 Å². The van der Waals surface area contributed by atoms with Gasteiger partial charge in [0.25, 0.3) is 5.90 Å². The summed E-state index contributed by atoms with van der Waals surface area (Å²) in [4.78, 5) is 16.3. The number of carbonyl (C=O) groups is 1. The van der Waals surface area contributed by atoms with Gasteiger partial charge in [-0.1, -0.05) is 18.2 Å². The Hall–Kier alpha value is -3.87. The fraction of sp³-hybridized carbons (Fsp3) is 0.130. The number of halogens is 1. The summed E-state index contributed by atoms with van der Waals surface area (Å²) >= 11 is 0. The molecule has 3 aromatic rings. The molecule has 152 valence electrons. The van der Waals surface area contributed by atoms with Crippen molar-refractivity contribution in [3.63, 3.8) is 0 Å². The van der Waals surface area contributed by atoms with Crippen molar-refractivity contribution in [2.24, 2.45) is 4.99 Å². The van der Waals surface area contributed by atoms with Crippen molar-refractivity contribution in [2.45, 2.75) is 13.5 Å². The quantitative estimate of drug-likeness (QED) is 0.418. The van der Waals surface area contributed by atoms with Crippen LogP contribution in [-0.2, 0) is 16.1 Å². The second-order valence-electron chi connectivity index (χ2n) is 6.37. The normalized spacial score (nSPS) is 14.5. The number of benzene rings is 2. The van der Waals surface area contributed by atoms with Crippen LogP contribution in [-0.4, -0.2) is 18.5 Å². The van der Waals surface area contributed by atoms with Gasteiger partial charge in [0.15, 0.2) is 23.0 Å². The molecular formula is C23H18FNO5. The number of ether oxygens (including phenoxy) is 3. The molecule has 1 aliphatic rings. The lowest BCUT2D eigenvalue weighted by Crippen LogP contribution is -2.04. The van der Waals surface area contributed by atoms with Crippen molar-refractivity contribution in [1.29, 1.82) is 0 Å². The first-order valence-corrected chi connectivity index (χ1v) is 9.33. The van der Waals surface area contributed by atoms with E-state index in [2.05, 4.69) is 4.99 Å². The number of nitrogens with zero attached hydrogens (tertiary/aromatic N) is 1. The second kappa shape index (κ2) is 8.65. The van der Waals surface area contributed by atoms with Gasteiger partial charge in [0.1, 0.15) is 12.4 Å². The minimum Gasteiger partial charge on any atom is -0.490 e. The van der Waals surface area contributed by atoms with Crippen LogP contribution in [0.5, 0.6) is 11.5 Å². The van der Waals surface area contributed by atoms with Crippen LogP contribution >= 0.6 is 0 Å². The highest BCUT2D eigenvalue weighted by atomic mass is 19.1. The molecule has 1 aliphatic heterocycles. The highest BCUT2D eigenvalue weighted by Gasteiger charge is 2.25. The molecule has 1 aromatic heterocycles. The molecule has 4 rings (SSSR count). The predicted molar refractivity (Wildman–Crippen MR) is 108 cm³/mol. The first-order chi connectivity index (χ1) is 14.6. The second-order valence-corrected chi connectivity index (χ2v) is 6.37. The molecule has 0 bridgehead atoms. The lowest BCUT2D eigenvalue weighted by Gasteiger charge is -2.13. The molecule has 2 aromatic carbocycles. The molecule has 0 radical (unpaired) electrons. The zero-order valence-electron chi connectivity index (χ0n) is 16.1. The number of aliphatic imine (C=N–C) groups is 1. The maximum absolute atomic E-state index is 13.0. The molecule has 0 atom stereocenters. The van der Waals surface area contributed by atoms with E-state index in [1.54, 1.807) is 48.5 Å². The molecule has 0 spiro atoms. The summed E-state index contributed by atoms with van der Waals surface area (Å²) in [5, 5.41) is 0. The van der Waals surface area contributed by atoms with Gasteiger partial charge in [-0.25, -0.2) is 14.2 Å². The van der Waals surface area contributed by atoms with Crippen molar-refractivity contribution >= 4 is 17.9 Å². The minimum absolute atomic E-state index is 0.125. The lowest BCUT2D eigenvalue weighted by molar-refractivity contribution is -0.130. The number of cyclic esters (lactones) is 1. The van der Waals surface area contributed by atoms with Gasteiger partial charge in [-0.15, -0.1) is 0 Å². The van der Waals surface area contributed by atoms with Gasteiger partial charge >= 0.3 is 5.97 Å². The molecule has 0 saturated carbocycles. The van der Waals surface area contributed by atoms with Gasteiger partial charge < -0.3 is 18.6 Å². The number of hydrogen-bond donors (Lipinski definition) is 0. The van der Waals surface area contributed by atoms with E-state index in [9.17, 15) is 9.18 Å². The molecule has 0 fully saturated rings. The first kappa shape index (κ1) is 19.4. The average Bonchev–Trinajstić information content (AvgIpc) is 3.39. The third-order valence-corrected chi connectivity index (χ3v) is 4.23.